The van der Waals surface area contributed by atoms with Gasteiger partial charge in [-0.3, -0.25) is 0 Å². The summed E-state index contributed by atoms with van der Waals surface area (Å²) in [5.74, 6) is 0.619. The minimum atomic E-state index is -0.315. The second kappa shape index (κ2) is 6.51. The Morgan fingerprint density at radius 1 is 0.731 bits per heavy atom. The summed E-state index contributed by atoms with van der Waals surface area (Å²) in [6.07, 6.45) is 3.34. The van der Waals surface area contributed by atoms with Crippen LogP contribution < -0.4 is 0 Å². The molecule has 26 heavy (non-hydrogen) atoms. The van der Waals surface area contributed by atoms with E-state index in [0.29, 0.717) is 11.8 Å². The van der Waals surface area contributed by atoms with Crippen molar-refractivity contribution in [3.05, 3.63) is 68.8 Å². The zero-order valence-corrected chi connectivity index (χ0v) is 16.3. The van der Waals surface area contributed by atoms with Gasteiger partial charge in [-0.25, -0.2) is 0 Å². The highest BCUT2D eigenvalue weighted by Gasteiger charge is 2.32. The summed E-state index contributed by atoms with van der Waals surface area (Å²) in [7, 11) is 0. The Kier molecular flexibility index (Phi) is 4.45. The molecular weight excluding hydrogens is 320 g/mol. The first-order valence-electron chi connectivity index (χ1n) is 9.97. The number of hydrogen-bond donors (Lipinski definition) is 2. The van der Waals surface area contributed by atoms with Crippen molar-refractivity contribution in [1.82, 2.24) is 0 Å². The lowest BCUT2D eigenvalue weighted by Crippen LogP contribution is -2.03. The molecule has 138 valence electrons. The van der Waals surface area contributed by atoms with E-state index in [2.05, 4.69) is 52.0 Å². The summed E-state index contributed by atoms with van der Waals surface area (Å²) in [4.78, 5) is 0. The SMILES string of the molecule is Cc1ccc(CCc2ccc(C)c3c2CC(C)C3O)c2c1C(O)C(C)C2. The maximum atomic E-state index is 10.5. The third-order valence-electron chi connectivity index (χ3n) is 6.73. The number of benzene rings is 2. The molecule has 0 radical (unpaired) electrons. The zero-order valence-electron chi connectivity index (χ0n) is 16.3. The molecule has 2 nitrogen and oxygen atoms in total. The molecule has 0 spiro atoms. The molecule has 2 aromatic carbocycles. The van der Waals surface area contributed by atoms with E-state index in [1.165, 1.54) is 44.5 Å². The van der Waals surface area contributed by atoms with Gasteiger partial charge in [-0.2, -0.15) is 0 Å². The quantitative estimate of drug-likeness (QED) is 0.853. The highest BCUT2D eigenvalue weighted by molar-refractivity contribution is 5.48. The first-order chi connectivity index (χ1) is 12.4. The molecule has 0 heterocycles. The second-order valence-corrected chi connectivity index (χ2v) is 8.62. The van der Waals surface area contributed by atoms with Crippen molar-refractivity contribution < 1.29 is 10.2 Å². The van der Waals surface area contributed by atoms with E-state index < -0.39 is 0 Å². The normalized spacial score (nSPS) is 26.8. The summed E-state index contributed by atoms with van der Waals surface area (Å²) in [6, 6.07) is 8.84. The lowest BCUT2D eigenvalue weighted by atomic mass is 9.91. The average Bonchev–Trinajstić information content (AvgIpc) is 3.07. The summed E-state index contributed by atoms with van der Waals surface area (Å²) < 4.78 is 0. The lowest BCUT2D eigenvalue weighted by molar-refractivity contribution is 0.132. The molecule has 0 saturated heterocycles. The van der Waals surface area contributed by atoms with Crippen LogP contribution in [0.15, 0.2) is 24.3 Å². The van der Waals surface area contributed by atoms with E-state index in [1.807, 2.05) is 0 Å². The zero-order chi connectivity index (χ0) is 18.6. The highest BCUT2D eigenvalue weighted by Crippen LogP contribution is 2.41. The van der Waals surface area contributed by atoms with Crippen LogP contribution in [0.2, 0.25) is 0 Å². The molecule has 2 N–H and O–H groups in total. The molecule has 2 aromatic rings. The van der Waals surface area contributed by atoms with Crippen LogP contribution >= 0.6 is 0 Å². The third-order valence-corrected chi connectivity index (χ3v) is 6.73. The van der Waals surface area contributed by atoms with Crippen molar-refractivity contribution in [2.24, 2.45) is 11.8 Å². The lowest BCUT2D eigenvalue weighted by Gasteiger charge is -2.15. The molecule has 0 bridgehead atoms. The van der Waals surface area contributed by atoms with Gasteiger partial charge in [-0.05, 0) is 95.9 Å². The van der Waals surface area contributed by atoms with Gasteiger partial charge >= 0.3 is 0 Å². The number of hydrogen-bond acceptors (Lipinski definition) is 2. The standard InChI is InChI=1S/C24H30O2/c1-13-5-7-17(19-11-15(3)23(25)21(13)19)9-10-18-8-6-14(2)22-20(18)12-16(4)24(22)26/h5-8,15-16,23-26H,9-12H2,1-4H3. The first kappa shape index (κ1) is 17.8. The Bertz CT molecular complexity index is 780. The van der Waals surface area contributed by atoms with E-state index in [-0.39, 0.29) is 12.2 Å². The number of rotatable bonds is 3. The molecule has 0 aromatic heterocycles. The van der Waals surface area contributed by atoms with Gasteiger partial charge < -0.3 is 10.2 Å². The molecule has 2 aliphatic carbocycles. The molecule has 2 aliphatic rings. The van der Waals surface area contributed by atoms with E-state index in [0.717, 1.165) is 25.7 Å². The van der Waals surface area contributed by atoms with Gasteiger partial charge in [0.1, 0.15) is 0 Å². The van der Waals surface area contributed by atoms with E-state index in [4.69, 9.17) is 0 Å². The molecular formula is C24H30O2. The van der Waals surface area contributed by atoms with Crippen LogP contribution in [0, 0.1) is 25.7 Å². The van der Waals surface area contributed by atoms with E-state index in [1.54, 1.807) is 0 Å². The van der Waals surface area contributed by atoms with Gasteiger partial charge in [0.25, 0.3) is 0 Å². The van der Waals surface area contributed by atoms with Crippen molar-refractivity contribution in [2.45, 2.75) is 65.6 Å². The fourth-order valence-corrected chi connectivity index (χ4v) is 5.13. The maximum absolute atomic E-state index is 10.5. The summed E-state index contributed by atoms with van der Waals surface area (Å²) >= 11 is 0. The Morgan fingerprint density at radius 2 is 1.12 bits per heavy atom. The molecule has 2 heteroatoms. The van der Waals surface area contributed by atoms with Gasteiger partial charge in [0.15, 0.2) is 0 Å². The van der Waals surface area contributed by atoms with E-state index in [9.17, 15) is 10.2 Å². The van der Waals surface area contributed by atoms with Crippen LogP contribution in [0.4, 0.5) is 0 Å². The molecule has 4 atom stereocenters. The average molecular weight is 351 g/mol. The first-order valence-corrected chi connectivity index (χ1v) is 9.97. The molecule has 0 amide bonds. The van der Waals surface area contributed by atoms with Crippen LogP contribution in [0.25, 0.3) is 0 Å². The fourth-order valence-electron chi connectivity index (χ4n) is 5.13. The monoisotopic (exact) mass is 350 g/mol. The van der Waals surface area contributed by atoms with Crippen molar-refractivity contribution in [3.8, 4) is 0 Å². The minimum absolute atomic E-state index is 0.310. The minimum Gasteiger partial charge on any atom is -0.388 e. The van der Waals surface area contributed by atoms with Gasteiger partial charge in [0, 0.05) is 0 Å². The third kappa shape index (κ3) is 2.71. The van der Waals surface area contributed by atoms with Crippen LogP contribution in [0.3, 0.4) is 0 Å². The van der Waals surface area contributed by atoms with Crippen molar-refractivity contribution in [2.75, 3.05) is 0 Å². The van der Waals surface area contributed by atoms with Crippen LogP contribution in [0.5, 0.6) is 0 Å². The predicted octanol–water partition coefficient (Wildman–Crippen LogP) is 4.54. The van der Waals surface area contributed by atoms with Gasteiger partial charge in [-0.1, -0.05) is 38.1 Å². The van der Waals surface area contributed by atoms with Crippen LogP contribution in [-0.4, -0.2) is 10.2 Å². The summed E-state index contributed by atoms with van der Waals surface area (Å²) in [6.45, 7) is 8.51. The molecule has 0 fully saturated rings. The smallest absolute Gasteiger partial charge is 0.0824 e. The van der Waals surface area contributed by atoms with Gasteiger partial charge in [-0.15, -0.1) is 0 Å². The number of aliphatic hydroxyl groups excluding tert-OH is 2. The number of aliphatic hydroxyl groups is 2. The molecule has 4 rings (SSSR count). The topological polar surface area (TPSA) is 40.5 Å². The van der Waals surface area contributed by atoms with Crippen LogP contribution in [-0.2, 0) is 25.7 Å². The van der Waals surface area contributed by atoms with Gasteiger partial charge in [0.05, 0.1) is 12.2 Å². The van der Waals surface area contributed by atoms with Crippen molar-refractivity contribution >= 4 is 0 Å². The largest absolute Gasteiger partial charge is 0.388 e. The maximum Gasteiger partial charge on any atom is 0.0824 e. The Hall–Kier alpha value is -1.64. The summed E-state index contributed by atoms with van der Waals surface area (Å²) in [5, 5.41) is 21.1. The molecule has 0 aliphatic heterocycles. The van der Waals surface area contributed by atoms with Crippen LogP contribution in [0.1, 0.15) is 70.6 Å². The molecule has 0 saturated carbocycles. The van der Waals surface area contributed by atoms with Gasteiger partial charge in [0.2, 0.25) is 0 Å². The second-order valence-electron chi connectivity index (χ2n) is 8.62. The number of fused-ring (bicyclic) bond motifs is 2. The number of aryl methyl sites for hydroxylation is 4. The Balaban J connectivity index is 1.63. The predicted molar refractivity (Wildman–Crippen MR) is 105 cm³/mol. The Morgan fingerprint density at radius 3 is 1.50 bits per heavy atom. The Labute approximate surface area is 156 Å². The summed E-state index contributed by atoms with van der Waals surface area (Å²) in [5.41, 5.74) is 10.3. The van der Waals surface area contributed by atoms with Crippen molar-refractivity contribution in [3.63, 3.8) is 0 Å². The fraction of sp³-hybridized carbons (Fsp3) is 0.500. The molecule has 4 unspecified atom stereocenters. The highest BCUT2D eigenvalue weighted by atomic mass is 16.3. The van der Waals surface area contributed by atoms with Crippen molar-refractivity contribution in [1.29, 1.82) is 0 Å². The van der Waals surface area contributed by atoms with E-state index >= 15 is 0 Å².